The molecule has 0 radical (unpaired) electrons. The van der Waals surface area contributed by atoms with E-state index in [0.717, 1.165) is 49.9 Å². The highest BCUT2D eigenvalue weighted by molar-refractivity contribution is 7.07. The first-order valence-corrected chi connectivity index (χ1v) is 9.34. The van der Waals surface area contributed by atoms with Gasteiger partial charge in [-0.3, -0.25) is 4.90 Å². The third kappa shape index (κ3) is 3.01. The topological polar surface area (TPSA) is 49.6 Å². The van der Waals surface area contributed by atoms with Crippen LogP contribution in [0.2, 0.25) is 0 Å². The number of hydrogen-bond acceptors (Lipinski definition) is 6. The van der Waals surface area contributed by atoms with Crippen LogP contribution < -0.4 is 4.90 Å². The molecule has 1 fully saturated rings. The molecular formula is C17H22N6S. The van der Waals surface area contributed by atoms with Crippen molar-refractivity contribution in [3.63, 3.8) is 0 Å². The molecule has 3 aromatic heterocycles. The van der Waals surface area contributed by atoms with Crippen LogP contribution in [0.25, 0.3) is 5.65 Å². The molecule has 1 aliphatic heterocycles. The summed E-state index contributed by atoms with van der Waals surface area (Å²) in [5.74, 6) is 1.84. The molecule has 1 saturated heterocycles. The van der Waals surface area contributed by atoms with Gasteiger partial charge < -0.3 is 4.90 Å². The Morgan fingerprint density at radius 1 is 1.12 bits per heavy atom. The fraction of sp³-hybridized carbons (Fsp3) is 0.471. The highest BCUT2D eigenvalue weighted by Crippen LogP contribution is 2.18. The molecule has 0 bridgehead atoms. The fourth-order valence-corrected chi connectivity index (χ4v) is 4.01. The molecule has 3 aromatic rings. The second kappa shape index (κ2) is 6.49. The average Bonchev–Trinajstić information content (AvgIpc) is 3.25. The molecule has 4 rings (SSSR count). The van der Waals surface area contributed by atoms with Crippen molar-refractivity contribution in [1.29, 1.82) is 0 Å². The van der Waals surface area contributed by atoms with Crippen molar-refractivity contribution in [2.75, 3.05) is 31.1 Å². The number of anilines is 1. The Bertz CT molecular complexity index is 804. The monoisotopic (exact) mass is 342 g/mol. The maximum absolute atomic E-state index is 4.69. The minimum absolute atomic E-state index is 0.581. The molecule has 0 aliphatic carbocycles. The number of aryl methyl sites for hydroxylation is 1. The molecule has 24 heavy (non-hydrogen) atoms. The van der Waals surface area contributed by atoms with Crippen molar-refractivity contribution in [3.8, 4) is 0 Å². The van der Waals surface area contributed by atoms with E-state index < -0.39 is 0 Å². The molecule has 7 heteroatoms. The van der Waals surface area contributed by atoms with E-state index in [1.807, 2.05) is 23.6 Å². The van der Waals surface area contributed by atoms with Crippen LogP contribution in [-0.4, -0.2) is 56.9 Å². The maximum atomic E-state index is 4.69. The van der Waals surface area contributed by atoms with E-state index in [4.69, 9.17) is 0 Å². The molecule has 0 amide bonds. The molecule has 4 heterocycles. The van der Waals surface area contributed by atoms with Crippen LogP contribution in [0.15, 0.2) is 29.0 Å². The van der Waals surface area contributed by atoms with Crippen molar-refractivity contribution < 1.29 is 0 Å². The summed E-state index contributed by atoms with van der Waals surface area (Å²) in [6.45, 7) is 8.43. The van der Waals surface area contributed by atoms with Gasteiger partial charge in [0.1, 0.15) is 5.82 Å². The van der Waals surface area contributed by atoms with Gasteiger partial charge >= 0.3 is 0 Å². The molecule has 6 nitrogen and oxygen atoms in total. The Labute approximate surface area is 145 Å². The number of piperazine rings is 1. The molecule has 1 aliphatic rings. The summed E-state index contributed by atoms with van der Waals surface area (Å²) < 4.78 is 1.82. The van der Waals surface area contributed by atoms with Gasteiger partial charge in [0.2, 0.25) is 0 Å². The largest absolute Gasteiger partial charge is 0.353 e. The summed E-state index contributed by atoms with van der Waals surface area (Å²) in [6.07, 6.45) is 1.13. The molecule has 126 valence electrons. The summed E-state index contributed by atoms with van der Waals surface area (Å²) >= 11 is 1.78. The first-order chi connectivity index (χ1) is 11.7. The first-order valence-electron chi connectivity index (χ1n) is 8.40. The minimum Gasteiger partial charge on any atom is -0.353 e. The molecule has 1 atom stereocenters. The summed E-state index contributed by atoms with van der Waals surface area (Å²) in [6, 6.07) is 6.86. The SMILES string of the molecule is Cc1nnc2ccc(N3CCN([C@H](C)Cc4ccsc4)CC3)nn12. The van der Waals surface area contributed by atoms with Gasteiger partial charge in [0, 0.05) is 32.2 Å². The lowest BCUT2D eigenvalue weighted by Crippen LogP contribution is -2.50. The Balaban J connectivity index is 1.40. The van der Waals surface area contributed by atoms with Crippen LogP contribution >= 0.6 is 11.3 Å². The Hall–Kier alpha value is -1.99. The molecule has 0 N–H and O–H groups in total. The predicted molar refractivity (Wildman–Crippen MR) is 96.8 cm³/mol. The Morgan fingerprint density at radius 2 is 1.96 bits per heavy atom. The van der Waals surface area contributed by atoms with Gasteiger partial charge in [0.25, 0.3) is 0 Å². The molecule has 0 unspecified atom stereocenters. The lowest BCUT2D eigenvalue weighted by Gasteiger charge is -2.38. The maximum Gasteiger partial charge on any atom is 0.178 e. The smallest absolute Gasteiger partial charge is 0.178 e. The van der Waals surface area contributed by atoms with Crippen LogP contribution in [0.1, 0.15) is 18.3 Å². The second-order valence-electron chi connectivity index (χ2n) is 6.42. The van der Waals surface area contributed by atoms with Gasteiger partial charge in [0.05, 0.1) is 0 Å². The van der Waals surface area contributed by atoms with E-state index in [-0.39, 0.29) is 0 Å². The van der Waals surface area contributed by atoms with E-state index in [1.54, 1.807) is 11.3 Å². The molecule has 0 aromatic carbocycles. The van der Waals surface area contributed by atoms with Gasteiger partial charge in [-0.2, -0.15) is 15.9 Å². The van der Waals surface area contributed by atoms with Crippen LogP contribution in [0.5, 0.6) is 0 Å². The second-order valence-corrected chi connectivity index (χ2v) is 7.20. The summed E-state index contributed by atoms with van der Waals surface area (Å²) in [7, 11) is 0. The normalized spacial score (nSPS) is 17.5. The van der Waals surface area contributed by atoms with E-state index in [0.29, 0.717) is 6.04 Å². The lowest BCUT2D eigenvalue weighted by molar-refractivity contribution is 0.195. The molecule has 0 spiro atoms. The van der Waals surface area contributed by atoms with Crippen LogP contribution in [0, 0.1) is 6.92 Å². The number of rotatable bonds is 4. The van der Waals surface area contributed by atoms with Crippen LogP contribution in [0.3, 0.4) is 0 Å². The van der Waals surface area contributed by atoms with Crippen LogP contribution in [0.4, 0.5) is 5.82 Å². The summed E-state index contributed by atoms with van der Waals surface area (Å²) in [5, 5.41) is 17.3. The third-order valence-electron chi connectivity index (χ3n) is 4.78. The van der Waals surface area contributed by atoms with Gasteiger partial charge in [-0.1, -0.05) is 0 Å². The third-order valence-corrected chi connectivity index (χ3v) is 5.51. The zero-order chi connectivity index (χ0) is 16.5. The Morgan fingerprint density at radius 3 is 2.71 bits per heavy atom. The van der Waals surface area contributed by atoms with Gasteiger partial charge in [-0.25, -0.2) is 0 Å². The standard InChI is InChI=1S/C17H22N6S/c1-13(11-15-5-10-24-12-15)21-6-8-22(9-7-21)17-4-3-16-19-18-14(2)23(16)20-17/h3-5,10,12-13H,6-9,11H2,1-2H3/t13-/m1/s1. The summed E-state index contributed by atoms with van der Waals surface area (Å²) in [5.41, 5.74) is 2.25. The number of fused-ring (bicyclic) bond motifs is 1. The Kier molecular flexibility index (Phi) is 4.20. The number of nitrogens with zero attached hydrogens (tertiary/aromatic N) is 6. The summed E-state index contributed by atoms with van der Waals surface area (Å²) in [4.78, 5) is 4.93. The lowest BCUT2D eigenvalue weighted by atomic mass is 10.1. The molecular weight excluding hydrogens is 320 g/mol. The number of hydrogen-bond donors (Lipinski definition) is 0. The van der Waals surface area contributed by atoms with Crippen molar-refractivity contribution >= 4 is 22.8 Å². The van der Waals surface area contributed by atoms with E-state index in [2.05, 4.69) is 48.8 Å². The number of aromatic nitrogens is 4. The van der Waals surface area contributed by atoms with Crippen molar-refractivity contribution in [3.05, 3.63) is 40.3 Å². The van der Waals surface area contributed by atoms with E-state index in [9.17, 15) is 0 Å². The van der Waals surface area contributed by atoms with Gasteiger partial charge in [0.15, 0.2) is 11.5 Å². The fourth-order valence-electron chi connectivity index (χ4n) is 3.33. The van der Waals surface area contributed by atoms with Crippen molar-refractivity contribution in [2.45, 2.75) is 26.3 Å². The predicted octanol–water partition coefficient (Wildman–Crippen LogP) is 2.25. The van der Waals surface area contributed by atoms with E-state index in [1.165, 1.54) is 5.56 Å². The highest BCUT2D eigenvalue weighted by atomic mass is 32.1. The van der Waals surface area contributed by atoms with Gasteiger partial charge in [-0.05, 0) is 54.8 Å². The van der Waals surface area contributed by atoms with Crippen molar-refractivity contribution in [2.24, 2.45) is 0 Å². The van der Waals surface area contributed by atoms with Crippen LogP contribution in [-0.2, 0) is 6.42 Å². The highest BCUT2D eigenvalue weighted by Gasteiger charge is 2.22. The zero-order valence-electron chi connectivity index (χ0n) is 14.1. The van der Waals surface area contributed by atoms with E-state index >= 15 is 0 Å². The average molecular weight is 342 g/mol. The van der Waals surface area contributed by atoms with Crippen molar-refractivity contribution in [1.82, 2.24) is 24.7 Å². The quantitative estimate of drug-likeness (QED) is 0.728. The number of thiophene rings is 1. The van der Waals surface area contributed by atoms with Gasteiger partial charge in [-0.15, -0.1) is 15.3 Å². The zero-order valence-corrected chi connectivity index (χ0v) is 14.9. The minimum atomic E-state index is 0.581. The molecule has 0 saturated carbocycles. The first kappa shape index (κ1) is 15.5.